The molecule has 4 nitrogen and oxygen atoms in total. The summed E-state index contributed by atoms with van der Waals surface area (Å²) in [4.78, 5) is 22.4. The molecule has 1 aromatic carbocycles. The Labute approximate surface area is 86.5 Å². The molecule has 1 aliphatic carbocycles. The number of fused-ring (bicyclic) bond motifs is 1. The van der Waals surface area contributed by atoms with Crippen LogP contribution in [0.4, 0.5) is 0 Å². The molecule has 0 amide bonds. The summed E-state index contributed by atoms with van der Waals surface area (Å²) in [7, 11) is 1.51. The first-order valence-corrected chi connectivity index (χ1v) is 4.57. The van der Waals surface area contributed by atoms with Gasteiger partial charge in [0.25, 0.3) is 0 Å². The van der Waals surface area contributed by atoms with Crippen molar-refractivity contribution in [2.75, 3.05) is 7.11 Å². The average molecular weight is 206 g/mol. The molecule has 4 heteroatoms. The van der Waals surface area contributed by atoms with Gasteiger partial charge in [0.2, 0.25) is 0 Å². The van der Waals surface area contributed by atoms with E-state index >= 15 is 0 Å². The van der Waals surface area contributed by atoms with Gasteiger partial charge in [0.15, 0.2) is 5.78 Å². The minimum absolute atomic E-state index is 0.0534. The van der Waals surface area contributed by atoms with E-state index in [1.165, 1.54) is 7.11 Å². The molecule has 2 rings (SSSR count). The second kappa shape index (κ2) is 3.38. The van der Waals surface area contributed by atoms with Gasteiger partial charge in [0, 0.05) is 12.0 Å². The van der Waals surface area contributed by atoms with Crippen molar-refractivity contribution < 1.29 is 19.4 Å². The van der Waals surface area contributed by atoms with Gasteiger partial charge in [0.1, 0.15) is 5.75 Å². The summed E-state index contributed by atoms with van der Waals surface area (Å²) in [6.45, 7) is 0. The van der Waals surface area contributed by atoms with E-state index < -0.39 is 11.9 Å². The van der Waals surface area contributed by atoms with Crippen LogP contribution in [0, 0.1) is 0 Å². The van der Waals surface area contributed by atoms with E-state index in [1.54, 1.807) is 18.2 Å². The molecular formula is C11H10O4. The van der Waals surface area contributed by atoms with Gasteiger partial charge in [-0.1, -0.05) is 6.07 Å². The molecule has 1 aromatic rings. The molecular weight excluding hydrogens is 196 g/mol. The second-order valence-corrected chi connectivity index (χ2v) is 3.47. The summed E-state index contributed by atoms with van der Waals surface area (Å²) in [6.07, 6.45) is 0.0534. The molecule has 0 bridgehead atoms. The highest BCUT2D eigenvalue weighted by molar-refractivity contribution is 6.05. The highest BCUT2D eigenvalue weighted by Gasteiger charge is 2.34. The highest BCUT2D eigenvalue weighted by atomic mass is 16.5. The molecule has 15 heavy (non-hydrogen) atoms. The first-order valence-electron chi connectivity index (χ1n) is 4.57. The number of ketones is 1. The molecule has 0 saturated carbocycles. The third kappa shape index (κ3) is 1.48. The Bertz CT molecular complexity index is 436. The standard InChI is InChI=1S/C11H10O4/c1-15-6-2-3-7-8(4-6)10(12)5-9(7)11(13)14/h2-4,9H,5H2,1H3,(H,13,14). The van der Waals surface area contributed by atoms with Crippen LogP contribution in [0.3, 0.4) is 0 Å². The molecule has 0 radical (unpaired) electrons. The fraction of sp³-hybridized carbons (Fsp3) is 0.273. The van der Waals surface area contributed by atoms with E-state index in [0.29, 0.717) is 16.9 Å². The largest absolute Gasteiger partial charge is 0.497 e. The first-order chi connectivity index (χ1) is 7.13. The lowest BCUT2D eigenvalue weighted by Gasteiger charge is -2.05. The van der Waals surface area contributed by atoms with E-state index in [1.807, 2.05) is 0 Å². The molecule has 0 spiro atoms. The fourth-order valence-electron chi connectivity index (χ4n) is 1.83. The van der Waals surface area contributed by atoms with E-state index in [2.05, 4.69) is 0 Å². The molecule has 0 fully saturated rings. The van der Waals surface area contributed by atoms with E-state index in [4.69, 9.17) is 9.84 Å². The molecule has 1 unspecified atom stereocenters. The van der Waals surface area contributed by atoms with E-state index in [0.717, 1.165) is 0 Å². The third-order valence-electron chi connectivity index (χ3n) is 2.62. The lowest BCUT2D eigenvalue weighted by atomic mass is 10.0. The Morgan fingerprint density at radius 3 is 2.87 bits per heavy atom. The number of Topliss-reactive ketones (excluding diaryl/α,β-unsaturated/α-hetero) is 1. The van der Waals surface area contributed by atoms with E-state index in [-0.39, 0.29) is 12.2 Å². The van der Waals surface area contributed by atoms with Gasteiger partial charge in [-0.15, -0.1) is 0 Å². The van der Waals surface area contributed by atoms with Gasteiger partial charge < -0.3 is 9.84 Å². The van der Waals surface area contributed by atoms with Crippen molar-refractivity contribution in [3.63, 3.8) is 0 Å². The highest BCUT2D eigenvalue weighted by Crippen LogP contribution is 2.35. The zero-order valence-corrected chi connectivity index (χ0v) is 8.19. The van der Waals surface area contributed by atoms with Crippen molar-refractivity contribution in [2.45, 2.75) is 12.3 Å². The zero-order chi connectivity index (χ0) is 11.0. The molecule has 0 aliphatic heterocycles. The molecule has 1 aliphatic rings. The van der Waals surface area contributed by atoms with Crippen molar-refractivity contribution >= 4 is 11.8 Å². The van der Waals surface area contributed by atoms with Gasteiger partial charge in [-0.05, 0) is 17.7 Å². The average Bonchev–Trinajstić information content (AvgIpc) is 2.56. The number of carboxylic acid groups (broad SMARTS) is 1. The minimum Gasteiger partial charge on any atom is -0.497 e. The predicted octanol–water partition coefficient (Wildman–Crippen LogP) is 1.45. The number of carbonyl (C=O) groups excluding carboxylic acids is 1. The van der Waals surface area contributed by atoms with Gasteiger partial charge in [-0.3, -0.25) is 9.59 Å². The summed E-state index contributed by atoms with van der Waals surface area (Å²) in [5.74, 6) is -1.20. The maximum Gasteiger partial charge on any atom is 0.311 e. The number of ether oxygens (including phenoxy) is 1. The van der Waals surface area contributed by atoms with Crippen molar-refractivity contribution in [1.82, 2.24) is 0 Å². The van der Waals surface area contributed by atoms with Crippen molar-refractivity contribution in [1.29, 1.82) is 0 Å². The summed E-state index contributed by atoms with van der Waals surface area (Å²) in [5, 5.41) is 8.92. The Morgan fingerprint density at radius 1 is 1.53 bits per heavy atom. The maximum atomic E-state index is 11.5. The minimum atomic E-state index is -0.952. The third-order valence-corrected chi connectivity index (χ3v) is 2.62. The summed E-state index contributed by atoms with van der Waals surface area (Å²) in [6, 6.07) is 4.92. The van der Waals surface area contributed by atoms with Crippen molar-refractivity contribution in [3.05, 3.63) is 29.3 Å². The Hall–Kier alpha value is -1.84. The van der Waals surface area contributed by atoms with Crippen LogP contribution >= 0.6 is 0 Å². The molecule has 1 N–H and O–H groups in total. The number of carboxylic acids is 1. The van der Waals surface area contributed by atoms with E-state index in [9.17, 15) is 9.59 Å². The normalized spacial score (nSPS) is 18.7. The van der Waals surface area contributed by atoms with Crippen molar-refractivity contribution in [2.24, 2.45) is 0 Å². The lowest BCUT2D eigenvalue weighted by molar-refractivity contribution is -0.138. The van der Waals surface area contributed by atoms with Crippen molar-refractivity contribution in [3.8, 4) is 5.75 Å². The molecule has 0 aromatic heterocycles. The number of aliphatic carboxylic acids is 1. The zero-order valence-electron chi connectivity index (χ0n) is 8.19. The molecule has 78 valence electrons. The van der Waals surface area contributed by atoms with Crippen LogP contribution in [0.1, 0.15) is 28.3 Å². The van der Waals surface area contributed by atoms with Gasteiger partial charge in [0.05, 0.1) is 13.0 Å². The molecule has 0 saturated heterocycles. The van der Waals surface area contributed by atoms with Crippen LogP contribution in [-0.4, -0.2) is 24.0 Å². The Balaban J connectivity index is 2.50. The smallest absolute Gasteiger partial charge is 0.311 e. The first kappa shape index (κ1) is 9.71. The number of carbonyl (C=O) groups is 2. The topological polar surface area (TPSA) is 63.6 Å². The molecule has 0 heterocycles. The van der Waals surface area contributed by atoms with Crippen LogP contribution in [-0.2, 0) is 4.79 Å². The van der Waals surface area contributed by atoms with Crippen LogP contribution in [0.15, 0.2) is 18.2 Å². The number of rotatable bonds is 2. The van der Waals surface area contributed by atoms with Crippen LogP contribution in [0.25, 0.3) is 0 Å². The number of hydrogen-bond acceptors (Lipinski definition) is 3. The lowest BCUT2D eigenvalue weighted by Crippen LogP contribution is -2.08. The van der Waals surface area contributed by atoms with Crippen LogP contribution in [0.5, 0.6) is 5.75 Å². The monoisotopic (exact) mass is 206 g/mol. The van der Waals surface area contributed by atoms with Gasteiger partial charge in [-0.2, -0.15) is 0 Å². The van der Waals surface area contributed by atoms with Gasteiger partial charge in [-0.25, -0.2) is 0 Å². The quantitative estimate of drug-likeness (QED) is 0.795. The number of methoxy groups -OCH3 is 1. The van der Waals surface area contributed by atoms with Gasteiger partial charge >= 0.3 is 5.97 Å². The van der Waals surface area contributed by atoms with Crippen LogP contribution < -0.4 is 4.74 Å². The Morgan fingerprint density at radius 2 is 2.27 bits per heavy atom. The summed E-state index contributed by atoms with van der Waals surface area (Å²) >= 11 is 0. The fourth-order valence-corrected chi connectivity index (χ4v) is 1.83. The number of benzene rings is 1. The molecule has 1 atom stereocenters. The summed E-state index contributed by atoms with van der Waals surface area (Å²) < 4.78 is 4.98. The summed E-state index contributed by atoms with van der Waals surface area (Å²) in [5.41, 5.74) is 1.06. The Kier molecular flexibility index (Phi) is 2.19. The maximum absolute atomic E-state index is 11.5. The SMILES string of the molecule is COc1ccc2c(c1)C(=O)CC2C(=O)O. The predicted molar refractivity (Wildman–Crippen MR) is 52.3 cm³/mol. The number of hydrogen-bond donors (Lipinski definition) is 1. The second-order valence-electron chi connectivity index (χ2n) is 3.47. The van der Waals surface area contributed by atoms with Crippen LogP contribution in [0.2, 0.25) is 0 Å².